The molecule has 0 unspecified atom stereocenters. The minimum Gasteiger partial charge on any atom is -0.293 e. The molecule has 0 aliphatic rings. The van der Waals surface area contributed by atoms with Crippen LogP contribution in [0.2, 0.25) is 0 Å². The van der Waals surface area contributed by atoms with Gasteiger partial charge in [-0.2, -0.15) is 0 Å². The molecule has 0 aliphatic carbocycles. The molecule has 0 amide bonds. The quantitative estimate of drug-likeness (QED) is 0.450. The zero-order valence-electron chi connectivity index (χ0n) is 9.40. The van der Waals surface area contributed by atoms with Crippen molar-refractivity contribution in [1.29, 1.82) is 0 Å². The maximum atomic E-state index is 13.0. The van der Waals surface area contributed by atoms with Crippen LogP contribution in [0.1, 0.15) is 10.4 Å². The van der Waals surface area contributed by atoms with E-state index in [0.29, 0.717) is 11.3 Å². The monoisotopic (exact) mass is 372 g/mol. The van der Waals surface area contributed by atoms with Crippen LogP contribution in [0.25, 0.3) is 0 Å². The van der Waals surface area contributed by atoms with Crippen LogP contribution in [0.3, 0.4) is 0 Å². The molecule has 0 saturated heterocycles. The molecule has 0 radical (unpaired) electrons. The second-order valence-electron chi connectivity index (χ2n) is 3.68. The Morgan fingerprint density at radius 2 is 1.89 bits per heavy atom. The molecule has 18 heavy (non-hydrogen) atoms. The van der Waals surface area contributed by atoms with Gasteiger partial charge in [-0.1, -0.05) is 18.2 Å². The summed E-state index contributed by atoms with van der Waals surface area (Å²) in [5.41, 5.74) is 0.694. The fourth-order valence-electron chi connectivity index (χ4n) is 1.42. The molecule has 0 fully saturated rings. The number of halogens is 2. The first kappa shape index (κ1) is 13.5. The van der Waals surface area contributed by atoms with E-state index in [1.54, 1.807) is 12.1 Å². The molecule has 0 heterocycles. The maximum absolute atomic E-state index is 13.0. The van der Waals surface area contributed by atoms with Gasteiger partial charge in [-0.3, -0.25) is 4.79 Å². The zero-order chi connectivity index (χ0) is 13.0. The van der Waals surface area contributed by atoms with Crippen molar-refractivity contribution in [2.45, 2.75) is 4.90 Å². The van der Waals surface area contributed by atoms with Crippen LogP contribution in [-0.4, -0.2) is 11.5 Å². The summed E-state index contributed by atoms with van der Waals surface area (Å²) in [5, 5.41) is 0. The fourth-order valence-corrected chi connectivity index (χ4v) is 2.62. The number of thioether (sulfide) groups is 1. The Morgan fingerprint density at radius 1 is 1.17 bits per heavy atom. The summed E-state index contributed by atoms with van der Waals surface area (Å²) < 4.78 is 14.1. The lowest BCUT2D eigenvalue weighted by Crippen LogP contribution is -2.02. The number of ketones is 1. The lowest BCUT2D eigenvalue weighted by Gasteiger charge is -2.02. The highest BCUT2D eigenvalue weighted by Crippen LogP contribution is 2.20. The first-order valence-corrected chi connectivity index (χ1v) is 7.39. The average Bonchev–Trinajstić information content (AvgIpc) is 2.37. The highest BCUT2D eigenvalue weighted by Gasteiger charge is 2.06. The van der Waals surface area contributed by atoms with Gasteiger partial charge in [0.15, 0.2) is 5.78 Å². The van der Waals surface area contributed by atoms with Crippen molar-refractivity contribution < 1.29 is 9.18 Å². The van der Waals surface area contributed by atoms with Gasteiger partial charge in [-0.05, 0) is 52.9 Å². The first-order valence-electron chi connectivity index (χ1n) is 5.32. The van der Waals surface area contributed by atoms with Gasteiger partial charge < -0.3 is 0 Å². The predicted octanol–water partition coefficient (Wildman–Crippen LogP) is 4.41. The maximum Gasteiger partial charge on any atom is 0.173 e. The Balaban J connectivity index is 1.98. The lowest BCUT2D eigenvalue weighted by molar-refractivity contribution is 0.102. The number of Topliss-reactive ketones (excluding diaryl/α,β-unsaturated/α-hetero) is 1. The van der Waals surface area contributed by atoms with E-state index in [0.717, 1.165) is 8.47 Å². The normalized spacial score (nSPS) is 10.3. The Bertz CT molecular complexity index is 554. The summed E-state index contributed by atoms with van der Waals surface area (Å²) in [6.07, 6.45) is 0. The minimum atomic E-state index is -0.276. The van der Waals surface area contributed by atoms with Crippen molar-refractivity contribution in [3.63, 3.8) is 0 Å². The van der Waals surface area contributed by atoms with Gasteiger partial charge in [0.25, 0.3) is 0 Å². The smallest absolute Gasteiger partial charge is 0.173 e. The number of rotatable bonds is 4. The van der Waals surface area contributed by atoms with Crippen molar-refractivity contribution in [2.24, 2.45) is 0 Å². The second kappa shape index (κ2) is 6.33. The van der Waals surface area contributed by atoms with Gasteiger partial charge in [0.1, 0.15) is 5.82 Å². The third-order valence-corrected chi connectivity index (χ3v) is 4.05. The standard InChI is InChI=1S/C14H10FIOS/c15-11-2-1-3-13(8-11)18-9-14(17)10-4-6-12(16)7-5-10/h1-8H,9H2. The molecule has 0 bridgehead atoms. The third kappa shape index (κ3) is 3.81. The minimum absolute atomic E-state index is 0.0562. The van der Waals surface area contributed by atoms with E-state index in [-0.39, 0.29) is 11.6 Å². The van der Waals surface area contributed by atoms with Gasteiger partial charge in [-0.25, -0.2) is 4.39 Å². The number of carbonyl (C=O) groups excluding carboxylic acids is 1. The van der Waals surface area contributed by atoms with Crippen molar-refractivity contribution in [3.8, 4) is 0 Å². The van der Waals surface area contributed by atoms with E-state index < -0.39 is 0 Å². The average molecular weight is 372 g/mol. The summed E-state index contributed by atoms with van der Waals surface area (Å²) in [4.78, 5) is 12.7. The second-order valence-corrected chi connectivity index (χ2v) is 5.97. The number of benzene rings is 2. The third-order valence-electron chi connectivity index (χ3n) is 2.33. The number of hydrogen-bond acceptors (Lipinski definition) is 2. The van der Waals surface area contributed by atoms with Crippen LogP contribution >= 0.6 is 34.4 Å². The fraction of sp³-hybridized carbons (Fsp3) is 0.0714. The van der Waals surface area contributed by atoms with E-state index in [4.69, 9.17) is 0 Å². The molecular weight excluding hydrogens is 362 g/mol. The van der Waals surface area contributed by atoms with Crippen molar-refractivity contribution in [1.82, 2.24) is 0 Å². The Kier molecular flexibility index (Phi) is 4.77. The summed E-state index contributed by atoms with van der Waals surface area (Å²) >= 11 is 3.55. The molecule has 92 valence electrons. The number of hydrogen-bond donors (Lipinski definition) is 0. The van der Waals surface area contributed by atoms with Crippen LogP contribution in [0.15, 0.2) is 53.4 Å². The Morgan fingerprint density at radius 3 is 2.56 bits per heavy atom. The summed E-state index contributed by atoms with van der Waals surface area (Å²) in [6, 6.07) is 13.7. The molecule has 0 spiro atoms. The van der Waals surface area contributed by atoms with Crippen LogP contribution < -0.4 is 0 Å². The first-order chi connectivity index (χ1) is 8.65. The lowest BCUT2D eigenvalue weighted by atomic mass is 10.2. The molecule has 0 N–H and O–H groups in total. The summed E-state index contributed by atoms with van der Waals surface area (Å²) in [7, 11) is 0. The number of carbonyl (C=O) groups is 1. The van der Waals surface area contributed by atoms with Gasteiger partial charge >= 0.3 is 0 Å². The van der Waals surface area contributed by atoms with Crippen LogP contribution in [0, 0.1) is 9.39 Å². The molecule has 0 aromatic heterocycles. The SMILES string of the molecule is O=C(CSc1cccc(F)c1)c1ccc(I)cc1. The Labute approximate surface area is 123 Å². The van der Waals surface area contributed by atoms with Gasteiger partial charge in [0, 0.05) is 14.0 Å². The van der Waals surface area contributed by atoms with E-state index in [2.05, 4.69) is 22.6 Å². The predicted molar refractivity (Wildman–Crippen MR) is 80.6 cm³/mol. The molecule has 0 atom stereocenters. The van der Waals surface area contributed by atoms with E-state index in [9.17, 15) is 9.18 Å². The topological polar surface area (TPSA) is 17.1 Å². The molecule has 2 aromatic rings. The molecule has 0 saturated carbocycles. The van der Waals surface area contributed by atoms with E-state index >= 15 is 0 Å². The zero-order valence-corrected chi connectivity index (χ0v) is 12.4. The molecule has 2 aromatic carbocycles. The van der Waals surface area contributed by atoms with Crippen LogP contribution in [0.5, 0.6) is 0 Å². The molecule has 4 heteroatoms. The van der Waals surface area contributed by atoms with E-state index in [1.807, 2.05) is 24.3 Å². The van der Waals surface area contributed by atoms with E-state index in [1.165, 1.54) is 23.9 Å². The highest BCUT2D eigenvalue weighted by atomic mass is 127. The van der Waals surface area contributed by atoms with Crippen LogP contribution in [-0.2, 0) is 0 Å². The summed E-state index contributed by atoms with van der Waals surface area (Å²) in [5.74, 6) is 0.103. The molecule has 2 rings (SSSR count). The largest absolute Gasteiger partial charge is 0.293 e. The van der Waals surface area contributed by atoms with Crippen molar-refractivity contribution in [3.05, 3.63) is 63.5 Å². The molecule has 0 aliphatic heterocycles. The van der Waals surface area contributed by atoms with Gasteiger partial charge in [0.2, 0.25) is 0 Å². The molecule has 1 nitrogen and oxygen atoms in total. The van der Waals surface area contributed by atoms with Crippen molar-refractivity contribution in [2.75, 3.05) is 5.75 Å². The van der Waals surface area contributed by atoms with Gasteiger partial charge in [-0.15, -0.1) is 11.8 Å². The van der Waals surface area contributed by atoms with Crippen LogP contribution in [0.4, 0.5) is 4.39 Å². The summed E-state index contributed by atoms with van der Waals surface area (Å²) in [6.45, 7) is 0. The van der Waals surface area contributed by atoms with Crippen molar-refractivity contribution >= 4 is 40.1 Å². The highest BCUT2D eigenvalue weighted by molar-refractivity contribution is 14.1. The Hall–Kier alpha value is -0.880. The van der Waals surface area contributed by atoms with Gasteiger partial charge in [0.05, 0.1) is 5.75 Å². The molecular formula is C14H10FIOS.